The van der Waals surface area contributed by atoms with Crippen molar-refractivity contribution >= 4 is 26.1 Å². The minimum Gasteiger partial charge on any atom is -0.311 e. The molecule has 1 unspecified atom stereocenters. The topological polar surface area (TPSA) is 3.24 Å². The summed E-state index contributed by atoms with van der Waals surface area (Å²) in [4.78, 5) is 2.34. The van der Waals surface area contributed by atoms with E-state index in [1.807, 2.05) is 0 Å². The van der Waals surface area contributed by atoms with Crippen molar-refractivity contribution < 1.29 is 0 Å². The molecular formula is C24H23NSi. The maximum absolute atomic E-state index is 2.42. The van der Waals surface area contributed by atoms with Crippen LogP contribution in [0, 0.1) is 0 Å². The monoisotopic (exact) mass is 353 g/mol. The van der Waals surface area contributed by atoms with Crippen molar-refractivity contribution in [1.82, 2.24) is 0 Å². The van der Waals surface area contributed by atoms with Crippen molar-refractivity contribution in [3.63, 3.8) is 0 Å². The van der Waals surface area contributed by atoms with Gasteiger partial charge in [0.15, 0.2) is 0 Å². The minimum atomic E-state index is -0.280. The summed E-state index contributed by atoms with van der Waals surface area (Å²) in [5.74, 6) is 0. The number of para-hydroxylation sites is 2. The predicted molar refractivity (Wildman–Crippen MR) is 115 cm³/mol. The van der Waals surface area contributed by atoms with Crippen LogP contribution < -0.4 is 10.1 Å². The number of benzene rings is 3. The van der Waals surface area contributed by atoms with E-state index >= 15 is 0 Å². The molecule has 0 aromatic heterocycles. The second kappa shape index (κ2) is 8.02. The van der Waals surface area contributed by atoms with Crippen LogP contribution >= 0.6 is 0 Å². The Labute approximate surface area is 158 Å². The number of rotatable bonds is 5. The number of anilines is 2. The van der Waals surface area contributed by atoms with Gasteiger partial charge < -0.3 is 4.90 Å². The van der Waals surface area contributed by atoms with Crippen molar-refractivity contribution in [3.05, 3.63) is 115 Å². The number of allylic oxidation sites excluding steroid dienone is 3. The lowest BCUT2D eigenvalue weighted by atomic mass is 10.1. The lowest BCUT2D eigenvalue weighted by Crippen LogP contribution is -2.21. The molecular weight excluding hydrogens is 330 g/mol. The molecule has 0 saturated carbocycles. The Morgan fingerprint density at radius 3 is 1.73 bits per heavy atom. The third-order valence-corrected chi connectivity index (χ3v) is 6.87. The summed E-state index contributed by atoms with van der Waals surface area (Å²) in [6, 6.07) is 32.2. The highest BCUT2D eigenvalue weighted by Crippen LogP contribution is 2.33. The number of hydrogen-bond acceptors (Lipinski definition) is 1. The number of hydrogen-bond donors (Lipinski definition) is 0. The van der Waals surface area contributed by atoms with Crippen LogP contribution in [0.4, 0.5) is 11.4 Å². The van der Waals surface area contributed by atoms with E-state index in [4.69, 9.17) is 0 Å². The molecule has 1 aliphatic rings. The molecule has 0 bridgehead atoms. The molecule has 0 radical (unpaired) electrons. The third-order valence-electron chi connectivity index (χ3n) is 4.80. The van der Waals surface area contributed by atoms with Gasteiger partial charge in [0.05, 0.1) is 9.52 Å². The van der Waals surface area contributed by atoms with Crippen molar-refractivity contribution in [3.8, 4) is 0 Å². The highest BCUT2D eigenvalue weighted by atomic mass is 28.2. The summed E-state index contributed by atoms with van der Waals surface area (Å²) in [5.41, 5.74) is 4.37. The van der Waals surface area contributed by atoms with E-state index in [0.717, 1.165) is 6.42 Å². The minimum absolute atomic E-state index is 0.280. The third kappa shape index (κ3) is 3.87. The zero-order chi connectivity index (χ0) is 17.6. The second-order valence-corrected chi connectivity index (χ2v) is 8.95. The Morgan fingerprint density at radius 1 is 0.692 bits per heavy atom. The normalized spacial score (nSPS) is 16.6. The van der Waals surface area contributed by atoms with Crippen molar-refractivity contribution in [1.29, 1.82) is 0 Å². The van der Waals surface area contributed by atoms with Gasteiger partial charge in [-0.2, -0.15) is 0 Å². The maximum atomic E-state index is 2.42. The summed E-state index contributed by atoms with van der Waals surface area (Å²) in [6.07, 6.45) is 8.27. The molecule has 0 fully saturated rings. The van der Waals surface area contributed by atoms with E-state index in [2.05, 4.69) is 114 Å². The SMILES string of the molecule is C1=CC([SiH2]c2ccccc2)CC=C1N(c1ccccc1)c1ccccc1. The Bertz CT molecular complexity index is 846. The zero-order valence-corrected chi connectivity index (χ0v) is 16.2. The molecule has 0 N–H and O–H groups in total. The van der Waals surface area contributed by atoms with E-state index in [1.54, 1.807) is 5.19 Å². The van der Waals surface area contributed by atoms with Crippen LogP contribution in [0.1, 0.15) is 6.42 Å². The molecule has 0 amide bonds. The molecule has 1 aliphatic carbocycles. The quantitative estimate of drug-likeness (QED) is 0.587. The van der Waals surface area contributed by atoms with Crippen LogP contribution in [0.5, 0.6) is 0 Å². The molecule has 128 valence electrons. The van der Waals surface area contributed by atoms with E-state index in [1.165, 1.54) is 17.1 Å². The van der Waals surface area contributed by atoms with Crippen LogP contribution in [0.3, 0.4) is 0 Å². The summed E-state index contributed by atoms with van der Waals surface area (Å²) in [5, 5.41) is 1.54. The van der Waals surface area contributed by atoms with Gasteiger partial charge in [0.25, 0.3) is 0 Å². The van der Waals surface area contributed by atoms with Gasteiger partial charge in [0, 0.05) is 17.1 Å². The standard InChI is InChI=1S/C24H23NSi/c1-4-10-20(11-5-1)25(21-12-6-2-7-13-21)22-16-18-24(19-17-22)26-23-14-8-3-9-15-23/h1-18,24H,19,26H2. The van der Waals surface area contributed by atoms with Crippen LogP contribution in [-0.4, -0.2) is 9.52 Å². The van der Waals surface area contributed by atoms with E-state index in [0.29, 0.717) is 5.54 Å². The molecule has 0 heterocycles. The van der Waals surface area contributed by atoms with Gasteiger partial charge in [-0.25, -0.2) is 0 Å². The summed E-state index contributed by atoms with van der Waals surface area (Å²) in [6.45, 7) is 0. The molecule has 0 spiro atoms. The molecule has 4 rings (SSSR count). The lowest BCUT2D eigenvalue weighted by molar-refractivity contribution is 0.984. The van der Waals surface area contributed by atoms with Gasteiger partial charge in [-0.1, -0.05) is 84.1 Å². The predicted octanol–water partition coefficient (Wildman–Crippen LogP) is 4.95. The molecule has 26 heavy (non-hydrogen) atoms. The first kappa shape index (κ1) is 16.6. The highest BCUT2D eigenvalue weighted by molar-refractivity contribution is 6.55. The van der Waals surface area contributed by atoms with Gasteiger partial charge in [-0.05, 0) is 42.3 Å². The van der Waals surface area contributed by atoms with Gasteiger partial charge in [-0.15, -0.1) is 0 Å². The zero-order valence-electron chi connectivity index (χ0n) is 14.8. The lowest BCUT2D eigenvalue weighted by Gasteiger charge is -2.29. The van der Waals surface area contributed by atoms with Gasteiger partial charge >= 0.3 is 0 Å². The molecule has 0 saturated heterocycles. The maximum Gasteiger partial charge on any atom is 0.0620 e. The fourth-order valence-corrected chi connectivity index (χ4v) is 5.24. The molecule has 2 heteroatoms. The first-order chi connectivity index (χ1) is 12.9. The fourth-order valence-electron chi connectivity index (χ4n) is 3.49. The van der Waals surface area contributed by atoms with Crippen molar-refractivity contribution in [2.45, 2.75) is 12.0 Å². The molecule has 0 aliphatic heterocycles. The summed E-state index contributed by atoms with van der Waals surface area (Å²) >= 11 is 0. The fraction of sp³-hybridized carbons (Fsp3) is 0.0833. The van der Waals surface area contributed by atoms with Crippen LogP contribution in [0.25, 0.3) is 0 Å². The molecule has 1 atom stereocenters. The smallest absolute Gasteiger partial charge is 0.0620 e. The summed E-state index contributed by atoms with van der Waals surface area (Å²) in [7, 11) is -0.280. The van der Waals surface area contributed by atoms with Gasteiger partial charge in [0.2, 0.25) is 0 Å². The Morgan fingerprint density at radius 2 is 1.23 bits per heavy atom. The van der Waals surface area contributed by atoms with Crippen LogP contribution in [-0.2, 0) is 0 Å². The highest BCUT2D eigenvalue weighted by Gasteiger charge is 2.17. The molecule has 3 aromatic rings. The molecule has 3 aromatic carbocycles. The van der Waals surface area contributed by atoms with Crippen LogP contribution in [0.2, 0.25) is 5.54 Å². The Balaban J connectivity index is 1.57. The van der Waals surface area contributed by atoms with E-state index in [9.17, 15) is 0 Å². The van der Waals surface area contributed by atoms with E-state index < -0.39 is 0 Å². The van der Waals surface area contributed by atoms with E-state index in [-0.39, 0.29) is 9.52 Å². The summed E-state index contributed by atoms with van der Waals surface area (Å²) < 4.78 is 0. The molecule has 1 nitrogen and oxygen atoms in total. The second-order valence-electron chi connectivity index (χ2n) is 6.68. The average molecular weight is 354 g/mol. The number of nitrogens with zero attached hydrogens (tertiary/aromatic N) is 1. The first-order valence-electron chi connectivity index (χ1n) is 9.23. The average Bonchev–Trinajstić information content (AvgIpc) is 2.72. The van der Waals surface area contributed by atoms with Crippen LogP contribution in [0.15, 0.2) is 115 Å². The Hall–Kier alpha value is -2.84. The van der Waals surface area contributed by atoms with Gasteiger partial charge in [0.1, 0.15) is 0 Å². The largest absolute Gasteiger partial charge is 0.311 e. The Kier molecular flexibility index (Phi) is 5.13. The van der Waals surface area contributed by atoms with Crippen molar-refractivity contribution in [2.24, 2.45) is 0 Å². The van der Waals surface area contributed by atoms with Crippen molar-refractivity contribution in [2.75, 3.05) is 4.90 Å². The van der Waals surface area contributed by atoms with Gasteiger partial charge in [-0.3, -0.25) is 0 Å². The first-order valence-corrected chi connectivity index (χ1v) is 10.7.